The Bertz CT molecular complexity index is 465. The van der Waals surface area contributed by atoms with Crippen LogP contribution in [0.1, 0.15) is 12.5 Å². The lowest BCUT2D eigenvalue weighted by molar-refractivity contribution is -0.119. The zero-order valence-corrected chi connectivity index (χ0v) is 11.9. The first-order chi connectivity index (χ1) is 8.45. The molecule has 0 aromatic heterocycles. The molecule has 0 spiro atoms. The lowest BCUT2D eigenvalue weighted by atomic mass is 10.1. The normalized spacial score (nSPS) is 9.94. The van der Waals surface area contributed by atoms with Crippen molar-refractivity contribution < 1.29 is 4.79 Å². The number of nitrogens with zero attached hydrogens (tertiary/aromatic N) is 1. The molecule has 0 radical (unpaired) electrons. The molecule has 1 aromatic rings. The standard InChI is InChI=1S/C12H16ClN3OS/c1-3-15-11(17)7-16(2)10-6-8(13)4-5-9(10)12(14)18/h4-6H,3,7H2,1-2H3,(H2,14,18)(H,15,17). The first-order valence-electron chi connectivity index (χ1n) is 5.53. The molecule has 1 amide bonds. The van der Waals surface area contributed by atoms with Crippen LogP contribution in [0.3, 0.4) is 0 Å². The number of hydrogen-bond acceptors (Lipinski definition) is 3. The quantitative estimate of drug-likeness (QED) is 0.806. The molecule has 4 nitrogen and oxygen atoms in total. The van der Waals surface area contributed by atoms with Crippen LogP contribution in [0.25, 0.3) is 0 Å². The van der Waals surface area contributed by atoms with E-state index in [1.165, 1.54) is 0 Å². The molecule has 0 aliphatic carbocycles. The van der Waals surface area contributed by atoms with Crippen molar-refractivity contribution in [3.63, 3.8) is 0 Å². The predicted molar refractivity (Wildman–Crippen MR) is 79.3 cm³/mol. The minimum atomic E-state index is -0.0612. The van der Waals surface area contributed by atoms with Gasteiger partial charge >= 0.3 is 0 Å². The minimum Gasteiger partial charge on any atom is -0.389 e. The topological polar surface area (TPSA) is 58.4 Å². The molecule has 1 rings (SSSR count). The average Bonchev–Trinajstić information content (AvgIpc) is 2.28. The van der Waals surface area contributed by atoms with Crippen molar-refractivity contribution in [3.8, 4) is 0 Å². The number of rotatable bonds is 5. The number of thiocarbonyl (C=S) groups is 1. The summed E-state index contributed by atoms with van der Waals surface area (Å²) in [5.41, 5.74) is 7.11. The van der Waals surface area contributed by atoms with Crippen molar-refractivity contribution in [2.45, 2.75) is 6.92 Å². The number of likely N-dealkylation sites (N-methyl/N-ethyl adjacent to an activating group) is 2. The number of benzene rings is 1. The van der Waals surface area contributed by atoms with Gasteiger partial charge < -0.3 is 16.0 Å². The molecule has 0 fully saturated rings. The summed E-state index contributed by atoms with van der Waals surface area (Å²) in [4.78, 5) is 13.6. The van der Waals surface area contributed by atoms with Gasteiger partial charge in [0.05, 0.1) is 6.54 Å². The van der Waals surface area contributed by atoms with E-state index in [1.807, 2.05) is 6.92 Å². The number of hydrogen-bond donors (Lipinski definition) is 2. The van der Waals surface area contributed by atoms with E-state index in [0.29, 0.717) is 17.1 Å². The molecule has 1 aromatic carbocycles. The van der Waals surface area contributed by atoms with Crippen LogP contribution in [0.4, 0.5) is 5.69 Å². The number of carbonyl (C=O) groups excluding carboxylic acids is 1. The molecular formula is C12H16ClN3OS. The maximum absolute atomic E-state index is 11.5. The van der Waals surface area contributed by atoms with Crippen LogP contribution < -0.4 is 16.0 Å². The SMILES string of the molecule is CCNC(=O)CN(C)c1cc(Cl)ccc1C(N)=S. The summed E-state index contributed by atoms with van der Waals surface area (Å²) in [5.74, 6) is -0.0612. The molecule has 98 valence electrons. The monoisotopic (exact) mass is 285 g/mol. The van der Waals surface area contributed by atoms with E-state index < -0.39 is 0 Å². The largest absolute Gasteiger partial charge is 0.389 e. The van der Waals surface area contributed by atoms with Crippen LogP contribution in [0.2, 0.25) is 5.02 Å². The van der Waals surface area contributed by atoms with Gasteiger partial charge in [-0.3, -0.25) is 4.79 Å². The molecule has 0 atom stereocenters. The second kappa shape index (κ2) is 6.56. The molecular weight excluding hydrogens is 270 g/mol. The van der Waals surface area contributed by atoms with Crippen LogP contribution in [0.5, 0.6) is 0 Å². The summed E-state index contributed by atoms with van der Waals surface area (Å²) in [6.45, 7) is 2.70. The molecule has 6 heteroatoms. The van der Waals surface area contributed by atoms with Gasteiger partial charge in [-0.1, -0.05) is 23.8 Å². The highest BCUT2D eigenvalue weighted by molar-refractivity contribution is 7.80. The maximum Gasteiger partial charge on any atom is 0.239 e. The summed E-state index contributed by atoms with van der Waals surface area (Å²) >= 11 is 10.9. The number of anilines is 1. The Balaban J connectivity index is 2.96. The van der Waals surface area contributed by atoms with E-state index in [9.17, 15) is 4.79 Å². The Morgan fingerprint density at radius 3 is 2.78 bits per heavy atom. The summed E-state index contributed by atoms with van der Waals surface area (Å²) in [7, 11) is 1.79. The van der Waals surface area contributed by atoms with Gasteiger partial charge in [-0.15, -0.1) is 0 Å². The summed E-state index contributed by atoms with van der Waals surface area (Å²) < 4.78 is 0. The van der Waals surface area contributed by atoms with Gasteiger partial charge in [0.1, 0.15) is 4.99 Å². The third-order valence-electron chi connectivity index (χ3n) is 2.39. The molecule has 0 aliphatic heterocycles. The Labute approximate surface area is 117 Å². The summed E-state index contributed by atoms with van der Waals surface area (Å²) in [6, 6.07) is 5.23. The van der Waals surface area contributed by atoms with E-state index in [1.54, 1.807) is 30.1 Å². The average molecular weight is 286 g/mol. The van der Waals surface area contributed by atoms with E-state index in [-0.39, 0.29) is 17.4 Å². The van der Waals surface area contributed by atoms with Gasteiger partial charge in [0.15, 0.2) is 0 Å². The number of carbonyl (C=O) groups is 1. The second-order valence-electron chi connectivity index (χ2n) is 3.84. The second-order valence-corrected chi connectivity index (χ2v) is 4.71. The first-order valence-corrected chi connectivity index (χ1v) is 6.31. The van der Waals surface area contributed by atoms with Crippen LogP contribution in [-0.2, 0) is 4.79 Å². The van der Waals surface area contributed by atoms with E-state index in [0.717, 1.165) is 5.69 Å². The Morgan fingerprint density at radius 2 is 2.22 bits per heavy atom. The fraction of sp³-hybridized carbons (Fsp3) is 0.333. The van der Waals surface area contributed by atoms with E-state index >= 15 is 0 Å². The van der Waals surface area contributed by atoms with Gasteiger partial charge in [0.25, 0.3) is 0 Å². The zero-order valence-electron chi connectivity index (χ0n) is 10.4. The minimum absolute atomic E-state index is 0.0612. The smallest absolute Gasteiger partial charge is 0.239 e. The van der Waals surface area contributed by atoms with Crippen LogP contribution in [0, 0.1) is 0 Å². The van der Waals surface area contributed by atoms with Crippen molar-refractivity contribution in [1.29, 1.82) is 0 Å². The Morgan fingerprint density at radius 1 is 1.56 bits per heavy atom. The van der Waals surface area contributed by atoms with Gasteiger partial charge in [-0.25, -0.2) is 0 Å². The fourth-order valence-corrected chi connectivity index (χ4v) is 1.92. The van der Waals surface area contributed by atoms with Crippen molar-refractivity contribution >= 4 is 40.4 Å². The van der Waals surface area contributed by atoms with Crippen LogP contribution >= 0.6 is 23.8 Å². The molecule has 3 N–H and O–H groups in total. The zero-order chi connectivity index (χ0) is 13.7. The van der Waals surface area contributed by atoms with Gasteiger partial charge in [-0.2, -0.15) is 0 Å². The first kappa shape index (κ1) is 14.7. The lowest BCUT2D eigenvalue weighted by Gasteiger charge is -2.21. The predicted octanol–water partition coefficient (Wildman–Crippen LogP) is 1.55. The highest BCUT2D eigenvalue weighted by Crippen LogP contribution is 2.23. The third-order valence-corrected chi connectivity index (χ3v) is 2.85. The van der Waals surface area contributed by atoms with E-state index in [4.69, 9.17) is 29.6 Å². The van der Waals surface area contributed by atoms with Gasteiger partial charge in [0.2, 0.25) is 5.91 Å². The molecule has 0 bridgehead atoms. The number of amides is 1. The highest BCUT2D eigenvalue weighted by Gasteiger charge is 2.13. The van der Waals surface area contributed by atoms with Crippen LogP contribution in [-0.4, -0.2) is 31.0 Å². The van der Waals surface area contributed by atoms with E-state index in [2.05, 4.69) is 5.32 Å². The van der Waals surface area contributed by atoms with Crippen LogP contribution in [0.15, 0.2) is 18.2 Å². The maximum atomic E-state index is 11.5. The van der Waals surface area contributed by atoms with Gasteiger partial charge in [0, 0.05) is 29.9 Å². The number of halogens is 1. The number of nitrogens with two attached hydrogens (primary N) is 1. The number of nitrogens with one attached hydrogen (secondary N) is 1. The van der Waals surface area contributed by atoms with Crippen molar-refractivity contribution in [3.05, 3.63) is 28.8 Å². The molecule has 0 saturated heterocycles. The fourth-order valence-electron chi connectivity index (χ4n) is 1.58. The summed E-state index contributed by atoms with van der Waals surface area (Å²) in [5, 5.41) is 3.31. The van der Waals surface area contributed by atoms with Crippen molar-refractivity contribution in [2.24, 2.45) is 5.73 Å². The Hall–Kier alpha value is -1.33. The molecule has 0 heterocycles. The van der Waals surface area contributed by atoms with Crippen molar-refractivity contribution in [2.75, 3.05) is 25.0 Å². The lowest BCUT2D eigenvalue weighted by Crippen LogP contribution is -2.35. The van der Waals surface area contributed by atoms with Gasteiger partial charge in [-0.05, 0) is 25.1 Å². The molecule has 0 saturated carbocycles. The highest BCUT2D eigenvalue weighted by atomic mass is 35.5. The molecule has 0 unspecified atom stereocenters. The molecule has 18 heavy (non-hydrogen) atoms. The summed E-state index contributed by atoms with van der Waals surface area (Å²) in [6.07, 6.45) is 0. The van der Waals surface area contributed by atoms with Crippen molar-refractivity contribution in [1.82, 2.24) is 5.32 Å². The Kier molecular flexibility index (Phi) is 5.37. The third kappa shape index (κ3) is 3.85. The molecule has 0 aliphatic rings.